The molecule has 0 amide bonds. The molecule has 1 rings (SSSR count). The van der Waals surface area contributed by atoms with Crippen LogP contribution in [-0.4, -0.2) is 56.2 Å². The Kier molecular flexibility index (Phi) is 5.65. The Labute approximate surface area is 97.3 Å². The van der Waals surface area contributed by atoms with E-state index in [9.17, 15) is 0 Å². The lowest BCUT2D eigenvalue weighted by Crippen LogP contribution is -2.46. The van der Waals surface area contributed by atoms with Gasteiger partial charge in [0.2, 0.25) is 12.2 Å². The smallest absolute Gasteiger partial charge is 0.212 e. The number of nitriles is 1. The third kappa shape index (κ3) is 3.70. The number of methoxy groups -OCH3 is 1. The van der Waals surface area contributed by atoms with E-state index in [1.165, 1.54) is 0 Å². The van der Waals surface area contributed by atoms with Gasteiger partial charge in [0.25, 0.3) is 0 Å². The molecule has 89 valence electrons. The van der Waals surface area contributed by atoms with Crippen LogP contribution in [0.2, 0.25) is 0 Å². The summed E-state index contributed by atoms with van der Waals surface area (Å²) in [7, 11) is 3.60. The van der Waals surface area contributed by atoms with Gasteiger partial charge in [-0.05, 0) is 19.3 Å². The Balaban J connectivity index is 2.59. The van der Waals surface area contributed by atoms with Gasteiger partial charge in [-0.15, -0.1) is 4.99 Å². The molecular formula is C11H19N4O. The van der Waals surface area contributed by atoms with Gasteiger partial charge in [0, 0.05) is 33.8 Å². The summed E-state index contributed by atoms with van der Waals surface area (Å²) in [6, 6.07) is 0. The van der Waals surface area contributed by atoms with Gasteiger partial charge in [0.05, 0.1) is 6.61 Å². The number of rotatable bonds is 3. The van der Waals surface area contributed by atoms with E-state index in [0.717, 1.165) is 38.4 Å². The van der Waals surface area contributed by atoms with Gasteiger partial charge in [-0.2, -0.15) is 5.26 Å². The van der Waals surface area contributed by atoms with Gasteiger partial charge in [-0.25, -0.2) is 0 Å². The number of likely N-dealkylation sites (tertiary alicyclic amines) is 1. The quantitative estimate of drug-likeness (QED) is 0.401. The first kappa shape index (κ1) is 12.8. The SMILES string of the molecule is COCCN(C)C(=NC#N)N1C[CH]CCC1. The Morgan fingerprint density at radius 2 is 2.50 bits per heavy atom. The van der Waals surface area contributed by atoms with Crippen molar-refractivity contribution in [1.29, 1.82) is 5.26 Å². The van der Waals surface area contributed by atoms with E-state index in [1.54, 1.807) is 7.11 Å². The second-order valence-corrected chi connectivity index (χ2v) is 3.80. The van der Waals surface area contributed by atoms with Crippen LogP contribution in [-0.2, 0) is 4.74 Å². The summed E-state index contributed by atoms with van der Waals surface area (Å²) in [4.78, 5) is 7.99. The van der Waals surface area contributed by atoms with E-state index >= 15 is 0 Å². The van der Waals surface area contributed by atoms with Crippen molar-refractivity contribution < 1.29 is 4.74 Å². The average molecular weight is 223 g/mol. The number of hydrogen-bond donors (Lipinski definition) is 0. The van der Waals surface area contributed by atoms with Crippen molar-refractivity contribution in [3.8, 4) is 6.19 Å². The number of likely N-dealkylation sites (N-methyl/N-ethyl adjacent to an activating group) is 1. The summed E-state index contributed by atoms with van der Waals surface area (Å²) in [5, 5.41) is 8.71. The van der Waals surface area contributed by atoms with Crippen molar-refractivity contribution in [2.75, 3.05) is 40.4 Å². The van der Waals surface area contributed by atoms with Gasteiger partial charge < -0.3 is 14.5 Å². The van der Waals surface area contributed by atoms with Crippen LogP contribution >= 0.6 is 0 Å². The standard InChI is InChI=1S/C11H19N4O/c1-14(8-9-16-2)11(13-10-12)15-6-4-3-5-7-15/h4H,3,5-9H2,1-2H3. The fourth-order valence-corrected chi connectivity index (χ4v) is 1.72. The summed E-state index contributed by atoms with van der Waals surface area (Å²) in [5.74, 6) is 0.746. The van der Waals surface area contributed by atoms with E-state index in [4.69, 9.17) is 10.00 Å². The van der Waals surface area contributed by atoms with Crippen LogP contribution in [0.4, 0.5) is 0 Å². The maximum Gasteiger partial charge on any atom is 0.212 e. The Hall–Kier alpha value is -1.28. The molecule has 1 heterocycles. The lowest BCUT2D eigenvalue weighted by atomic mass is 10.1. The molecule has 0 aromatic carbocycles. The highest BCUT2D eigenvalue weighted by molar-refractivity contribution is 5.81. The number of guanidine groups is 1. The molecule has 0 unspecified atom stereocenters. The molecular weight excluding hydrogens is 204 g/mol. The molecule has 1 aliphatic rings. The van der Waals surface area contributed by atoms with Gasteiger partial charge >= 0.3 is 0 Å². The lowest BCUT2D eigenvalue weighted by molar-refractivity contribution is 0.177. The minimum Gasteiger partial charge on any atom is -0.383 e. The second kappa shape index (κ2) is 7.07. The van der Waals surface area contributed by atoms with E-state index in [-0.39, 0.29) is 0 Å². The molecule has 5 heteroatoms. The largest absolute Gasteiger partial charge is 0.383 e. The molecule has 1 aliphatic heterocycles. The molecule has 0 saturated carbocycles. The summed E-state index contributed by atoms with van der Waals surface area (Å²) in [5.41, 5.74) is 0. The molecule has 0 spiro atoms. The van der Waals surface area contributed by atoms with E-state index in [1.807, 2.05) is 18.1 Å². The van der Waals surface area contributed by atoms with Crippen LogP contribution < -0.4 is 0 Å². The van der Waals surface area contributed by atoms with Crippen molar-refractivity contribution in [1.82, 2.24) is 9.80 Å². The summed E-state index contributed by atoms with van der Waals surface area (Å²) < 4.78 is 5.02. The maximum absolute atomic E-state index is 8.71. The first-order valence-electron chi connectivity index (χ1n) is 5.53. The minimum atomic E-state index is 0.637. The number of piperidine rings is 1. The van der Waals surface area contributed by atoms with Crippen LogP contribution in [0, 0.1) is 17.9 Å². The number of aliphatic imine (C=N–C) groups is 1. The van der Waals surface area contributed by atoms with Crippen LogP contribution in [0.25, 0.3) is 0 Å². The highest BCUT2D eigenvalue weighted by Crippen LogP contribution is 2.09. The third-order valence-corrected chi connectivity index (χ3v) is 2.59. The van der Waals surface area contributed by atoms with E-state index in [2.05, 4.69) is 16.3 Å². The van der Waals surface area contributed by atoms with Crippen molar-refractivity contribution >= 4 is 5.96 Å². The minimum absolute atomic E-state index is 0.637. The normalized spacial score (nSPS) is 17.1. The van der Waals surface area contributed by atoms with Crippen LogP contribution in [0.1, 0.15) is 12.8 Å². The highest BCUT2D eigenvalue weighted by Gasteiger charge is 2.18. The molecule has 5 nitrogen and oxygen atoms in total. The summed E-state index contributed by atoms with van der Waals surface area (Å²) in [6.45, 7) is 3.22. The highest BCUT2D eigenvalue weighted by atomic mass is 16.5. The first-order valence-corrected chi connectivity index (χ1v) is 5.53. The van der Waals surface area contributed by atoms with Gasteiger partial charge in [0.1, 0.15) is 0 Å². The monoisotopic (exact) mass is 223 g/mol. The van der Waals surface area contributed by atoms with Crippen LogP contribution in [0.15, 0.2) is 4.99 Å². The van der Waals surface area contributed by atoms with Gasteiger partial charge in [-0.1, -0.05) is 0 Å². The lowest BCUT2D eigenvalue weighted by Gasteiger charge is -2.33. The zero-order valence-corrected chi connectivity index (χ0v) is 10.0. The molecule has 0 aliphatic carbocycles. The first-order chi connectivity index (χ1) is 7.79. The average Bonchev–Trinajstić information content (AvgIpc) is 2.34. The fraction of sp³-hybridized carbons (Fsp3) is 0.727. The maximum atomic E-state index is 8.71. The number of ether oxygens (including phenoxy) is 1. The molecule has 0 atom stereocenters. The zero-order chi connectivity index (χ0) is 11.8. The molecule has 1 radical (unpaired) electrons. The molecule has 0 aromatic rings. The van der Waals surface area contributed by atoms with Crippen molar-refractivity contribution in [3.63, 3.8) is 0 Å². The third-order valence-electron chi connectivity index (χ3n) is 2.59. The number of hydrogen-bond acceptors (Lipinski definition) is 3. The topological polar surface area (TPSA) is 51.9 Å². The van der Waals surface area contributed by atoms with Gasteiger partial charge in [-0.3, -0.25) is 0 Å². The summed E-state index contributed by atoms with van der Waals surface area (Å²) >= 11 is 0. The second-order valence-electron chi connectivity index (χ2n) is 3.80. The Morgan fingerprint density at radius 3 is 3.06 bits per heavy atom. The zero-order valence-electron chi connectivity index (χ0n) is 10.0. The van der Waals surface area contributed by atoms with E-state index in [0.29, 0.717) is 6.61 Å². The van der Waals surface area contributed by atoms with Crippen molar-refractivity contribution in [2.45, 2.75) is 12.8 Å². The Bertz CT molecular complexity index is 266. The van der Waals surface area contributed by atoms with Crippen molar-refractivity contribution in [2.24, 2.45) is 4.99 Å². The fourth-order valence-electron chi connectivity index (χ4n) is 1.72. The molecule has 0 N–H and O–H groups in total. The predicted octanol–water partition coefficient (Wildman–Crippen LogP) is 0.702. The van der Waals surface area contributed by atoms with Crippen LogP contribution in [0.5, 0.6) is 0 Å². The Morgan fingerprint density at radius 1 is 1.69 bits per heavy atom. The van der Waals surface area contributed by atoms with Crippen molar-refractivity contribution in [3.05, 3.63) is 6.42 Å². The van der Waals surface area contributed by atoms with Crippen LogP contribution in [0.3, 0.4) is 0 Å². The predicted molar refractivity (Wildman–Crippen MR) is 62.7 cm³/mol. The molecule has 0 aromatic heterocycles. The van der Waals surface area contributed by atoms with Gasteiger partial charge in [0.15, 0.2) is 0 Å². The molecule has 1 saturated heterocycles. The molecule has 0 bridgehead atoms. The van der Waals surface area contributed by atoms with E-state index < -0.39 is 0 Å². The molecule has 16 heavy (non-hydrogen) atoms. The molecule has 1 fully saturated rings. The summed E-state index contributed by atoms with van der Waals surface area (Å²) in [6.07, 6.45) is 6.37. The number of nitrogens with zero attached hydrogens (tertiary/aromatic N) is 4.